The first-order valence-corrected chi connectivity index (χ1v) is 5.23. The zero-order chi connectivity index (χ0) is 11.1. The number of aliphatic carboxylic acids is 1. The highest BCUT2D eigenvalue weighted by Gasteiger charge is 2.49. The highest BCUT2D eigenvalue weighted by Crippen LogP contribution is 2.47. The molecule has 86 valence electrons. The normalized spacial score (nSPS) is 29.1. The number of carboxylic acid groups (broad SMARTS) is 1. The number of carboxylic acids is 1. The van der Waals surface area contributed by atoms with Crippen molar-refractivity contribution in [3.8, 4) is 0 Å². The summed E-state index contributed by atoms with van der Waals surface area (Å²) in [7, 11) is 0. The molecule has 5 heteroatoms. The predicted octanol–water partition coefficient (Wildman–Crippen LogP) is 2.20. The van der Waals surface area contributed by atoms with Gasteiger partial charge in [-0.15, -0.1) is 0 Å². The quantitative estimate of drug-likeness (QED) is 0.793. The van der Waals surface area contributed by atoms with Crippen LogP contribution in [0.2, 0.25) is 0 Å². The predicted molar refractivity (Wildman–Crippen MR) is 47.9 cm³/mol. The SMILES string of the molecule is O=C(O)C(F)(F)CC1CCC2(CCC2)O1. The molecule has 2 rings (SSSR count). The lowest BCUT2D eigenvalue weighted by Crippen LogP contribution is -2.39. The van der Waals surface area contributed by atoms with Gasteiger partial charge in [0, 0.05) is 6.42 Å². The molecular weight excluding hydrogens is 206 g/mol. The van der Waals surface area contributed by atoms with Crippen LogP contribution in [0.5, 0.6) is 0 Å². The van der Waals surface area contributed by atoms with Crippen molar-refractivity contribution in [2.24, 2.45) is 0 Å². The third-order valence-electron chi connectivity index (χ3n) is 3.40. The van der Waals surface area contributed by atoms with Crippen LogP contribution in [0.25, 0.3) is 0 Å². The van der Waals surface area contributed by atoms with Crippen LogP contribution in [0.3, 0.4) is 0 Å². The van der Waals surface area contributed by atoms with E-state index in [0.717, 1.165) is 25.7 Å². The molecule has 1 aliphatic heterocycles. The molecule has 1 aliphatic carbocycles. The Morgan fingerprint density at radius 3 is 2.53 bits per heavy atom. The van der Waals surface area contributed by atoms with Gasteiger partial charge in [-0.3, -0.25) is 0 Å². The zero-order valence-electron chi connectivity index (χ0n) is 8.34. The third-order valence-corrected chi connectivity index (χ3v) is 3.40. The number of carbonyl (C=O) groups is 1. The molecule has 15 heavy (non-hydrogen) atoms. The topological polar surface area (TPSA) is 46.5 Å². The van der Waals surface area contributed by atoms with Gasteiger partial charge in [0.05, 0.1) is 11.7 Å². The Morgan fingerprint density at radius 2 is 2.13 bits per heavy atom. The van der Waals surface area contributed by atoms with Crippen LogP contribution in [0, 0.1) is 0 Å². The Balaban J connectivity index is 1.89. The molecule has 1 heterocycles. The molecule has 1 saturated carbocycles. The first kappa shape index (κ1) is 10.8. The fourth-order valence-corrected chi connectivity index (χ4v) is 2.35. The number of alkyl halides is 2. The fourth-order valence-electron chi connectivity index (χ4n) is 2.35. The Kier molecular flexibility index (Phi) is 2.45. The summed E-state index contributed by atoms with van der Waals surface area (Å²) >= 11 is 0. The summed E-state index contributed by atoms with van der Waals surface area (Å²) in [5.41, 5.74) is -0.181. The summed E-state index contributed by atoms with van der Waals surface area (Å²) in [4.78, 5) is 10.2. The van der Waals surface area contributed by atoms with E-state index in [9.17, 15) is 13.6 Å². The molecule has 1 spiro atoms. The standard InChI is InChI=1S/C10H14F2O3/c11-10(12,8(13)14)6-7-2-5-9(15-7)3-1-4-9/h7H,1-6H2,(H,13,14). The smallest absolute Gasteiger partial charge is 0.374 e. The number of halogens is 2. The maximum Gasteiger partial charge on any atom is 0.374 e. The second kappa shape index (κ2) is 3.40. The maximum atomic E-state index is 12.9. The zero-order valence-corrected chi connectivity index (χ0v) is 8.34. The average molecular weight is 220 g/mol. The summed E-state index contributed by atoms with van der Waals surface area (Å²) in [5.74, 6) is -5.71. The van der Waals surface area contributed by atoms with Gasteiger partial charge >= 0.3 is 11.9 Å². The van der Waals surface area contributed by atoms with E-state index in [4.69, 9.17) is 9.84 Å². The lowest BCUT2D eigenvalue weighted by Gasteiger charge is -2.38. The second-order valence-electron chi connectivity index (χ2n) is 4.53. The molecule has 1 unspecified atom stereocenters. The molecule has 2 fully saturated rings. The van der Waals surface area contributed by atoms with Gasteiger partial charge in [0.15, 0.2) is 0 Å². The lowest BCUT2D eigenvalue weighted by molar-refractivity contribution is -0.174. The minimum absolute atomic E-state index is 0.181. The van der Waals surface area contributed by atoms with Crippen LogP contribution >= 0.6 is 0 Å². The van der Waals surface area contributed by atoms with Crippen LogP contribution in [-0.2, 0) is 9.53 Å². The highest BCUT2D eigenvalue weighted by atomic mass is 19.3. The molecule has 0 radical (unpaired) electrons. The summed E-state index contributed by atoms with van der Waals surface area (Å²) in [6.07, 6.45) is 3.03. The van der Waals surface area contributed by atoms with Crippen LogP contribution in [-0.4, -0.2) is 28.7 Å². The summed E-state index contributed by atoms with van der Waals surface area (Å²) in [6.45, 7) is 0. The van der Waals surface area contributed by atoms with Gasteiger partial charge in [-0.25, -0.2) is 4.79 Å². The van der Waals surface area contributed by atoms with Crippen LogP contribution in [0.1, 0.15) is 38.5 Å². The summed E-state index contributed by atoms with van der Waals surface area (Å²) in [5, 5.41) is 8.30. The van der Waals surface area contributed by atoms with Crippen molar-refractivity contribution in [3.63, 3.8) is 0 Å². The molecule has 2 aliphatic rings. The van der Waals surface area contributed by atoms with Gasteiger partial charge in [-0.2, -0.15) is 8.78 Å². The van der Waals surface area contributed by atoms with Crippen LogP contribution < -0.4 is 0 Å². The van der Waals surface area contributed by atoms with Crippen molar-refractivity contribution in [2.45, 2.75) is 56.2 Å². The van der Waals surface area contributed by atoms with E-state index < -0.39 is 24.4 Å². The molecular formula is C10H14F2O3. The van der Waals surface area contributed by atoms with Gasteiger partial charge in [0.1, 0.15) is 0 Å². The monoisotopic (exact) mass is 220 g/mol. The van der Waals surface area contributed by atoms with E-state index in [1.54, 1.807) is 0 Å². The number of hydrogen-bond donors (Lipinski definition) is 1. The minimum Gasteiger partial charge on any atom is -0.477 e. The maximum absolute atomic E-state index is 12.9. The van der Waals surface area contributed by atoms with Crippen molar-refractivity contribution < 1.29 is 23.4 Å². The second-order valence-corrected chi connectivity index (χ2v) is 4.53. The highest BCUT2D eigenvalue weighted by molar-refractivity contribution is 5.75. The van der Waals surface area contributed by atoms with Crippen molar-refractivity contribution in [1.29, 1.82) is 0 Å². The molecule has 1 atom stereocenters. The summed E-state index contributed by atoms with van der Waals surface area (Å²) < 4.78 is 31.3. The van der Waals surface area contributed by atoms with Crippen molar-refractivity contribution in [2.75, 3.05) is 0 Å². The van der Waals surface area contributed by atoms with Crippen LogP contribution in [0.15, 0.2) is 0 Å². The van der Waals surface area contributed by atoms with Crippen molar-refractivity contribution in [3.05, 3.63) is 0 Å². The number of ether oxygens (including phenoxy) is 1. The molecule has 3 nitrogen and oxygen atoms in total. The fraction of sp³-hybridized carbons (Fsp3) is 0.900. The minimum atomic E-state index is -3.65. The van der Waals surface area contributed by atoms with Crippen molar-refractivity contribution in [1.82, 2.24) is 0 Å². The van der Waals surface area contributed by atoms with Gasteiger partial charge in [0.2, 0.25) is 0 Å². The van der Waals surface area contributed by atoms with E-state index >= 15 is 0 Å². The molecule has 0 aromatic heterocycles. The van der Waals surface area contributed by atoms with Crippen LogP contribution in [0.4, 0.5) is 8.78 Å². The van der Waals surface area contributed by atoms with Gasteiger partial charge < -0.3 is 9.84 Å². The van der Waals surface area contributed by atoms with E-state index in [0.29, 0.717) is 6.42 Å². The largest absolute Gasteiger partial charge is 0.477 e. The summed E-state index contributed by atoms with van der Waals surface area (Å²) in [6, 6.07) is 0. The lowest BCUT2D eigenvalue weighted by atomic mass is 9.78. The van der Waals surface area contributed by atoms with Gasteiger partial charge in [0.25, 0.3) is 0 Å². The molecule has 0 aromatic rings. The number of hydrogen-bond acceptors (Lipinski definition) is 2. The van der Waals surface area contributed by atoms with E-state index in [2.05, 4.69) is 0 Å². The molecule has 0 aromatic carbocycles. The molecule has 1 N–H and O–H groups in total. The Bertz CT molecular complexity index is 274. The Morgan fingerprint density at radius 1 is 1.47 bits per heavy atom. The van der Waals surface area contributed by atoms with Gasteiger partial charge in [-0.05, 0) is 32.1 Å². The Labute approximate surface area is 86.4 Å². The Hall–Kier alpha value is -0.710. The molecule has 0 amide bonds. The van der Waals surface area contributed by atoms with Gasteiger partial charge in [-0.1, -0.05) is 0 Å². The third kappa shape index (κ3) is 1.97. The number of rotatable bonds is 3. The average Bonchev–Trinajstić information content (AvgIpc) is 2.46. The first-order valence-electron chi connectivity index (χ1n) is 5.23. The van der Waals surface area contributed by atoms with E-state index in [1.165, 1.54) is 0 Å². The molecule has 1 saturated heterocycles. The van der Waals surface area contributed by atoms with E-state index in [1.807, 2.05) is 0 Å². The van der Waals surface area contributed by atoms with E-state index in [-0.39, 0.29) is 5.60 Å². The molecule has 0 bridgehead atoms. The first-order chi connectivity index (χ1) is 6.94. The van der Waals surface area contributed by atoms with Crippen molar-refractivity contribution >= 4 is 5.97 Å².